The molecule has 3 rings (SSSR count). The molecule has 1 aliphatic rings. The van der Waals surface area contributed by atoms with Crippen molar-refractivity contribution in [3.05, 3.63) is 64.7 Å². The van der Waals surface area contributed by atoms with Crippen molar-refractivity contribution in [1.82, 2.24) is 0 Å². The third-order valence-corrected chi connectivity index (χ3v) is 3.70. The monoisotopic (exact) mass is 290 g/mol. The van der Waals surface area contributed by atoms with Crippen LogP contribution in [-0.2, 0) is 12.7 Å². The fraction of sp³-hybridized carbons (Fsp3) is 0.188. The van der Waals surface area contributed by atoms with E-state index in [1.165, 1.54) is 6.07 Å². The standard InChI is InChI=1S/C16H13F3N2/c1-10-6-7-12(16(17,18)19)8-14(10)21-9-11-4-2-3-5-13(11)15(21)20/h2-8,20H,9H2,1H3. The Kier molecular flexibility index (Phi) is 3.01. The van der Waals surface area contributed by atoms with Crippen LogP contribution in [0.3, 0.4) is 0 Å². The number of hydrogen-bond acceptors (Lipinski definition) is 1. The molecule has 2 aromatic rings. The van der Waals surface area contributed by atoms with Crippen LogP contribution >= 0.6 is 0 Å². The second-order valence-electron chi connectivity index (χ2n) is 5.09. The minimum Gasteiger partial charge on any atom is -0.322 e. The predicted molar refractivity (Wildman–Crippen MR) is 75.6 cm³/mol. The number of alkyl halides is 3. The Hall–Kier alpha value is -2.30. The molecule has 0 amide bonds. The summed E-state index contributed by atoms with van der Waals surface area (Å²) in [6.45, 7) is 2.18. The number of benzene rings is 2. The van der Waals surface area contributed by atoms with E-state index in [4.69, 9.17) is 5.41 Å². The quantitative estimate of drug-likeness (QED) is 0.830. The number of hydrogen-bond donors (Lipinski definition) is 1. The van der Waals surface area contributed by atoms with E-state index in [0.29, 0.717) is 12.2 Å². The zero-order valence-corrected chi connectivity index (χ0v) is 11.3. The first-order chi connectivity index (χ1) is 9.88. The van der Waals surface area contributed by atoms with Gasteiger partial charge in [-0.1, -0.05) is 30.3 Å². The molecule has 0 radical (unpaired) electrons. The molecule has 0 unspecified atom stereocenters. The van der Waals surface area contributed by atoms with Gasteiger partial charge in [-0.25, -0.2) is 0 Å². The Bertz CT molecular complexity index is 720. The molecule has 0 saturated carbocycles. The summed E-state index contributed by atoms with van der Waals surface area (Å²) in [5.41, 5.74) is 2.20. The van der Waals surface area contributed by atoms with Gasteiger partial charge in [-0.05, 0) is 30.2 Å². The van der Waals surface area contributed by atoms with Gasteiger partial charge in [-0.2, -0.15) is 13.2 Å². The molecular weight excluding hydrogens is 277 g/mol. The molecule has 0 saturated heterocycles. The van der Waals surface area contributed by atoms with Gasteiger partial charge in [0.1, 0.15) is 5.84 Å². The van der Waals surface area contributed by atoms with Gasteiger partial charge in [0, 0.05) is 11.3 Å². The molecule has 0 aliphatic carbocycles. The van der Waals surface area contributed by atoms with Gasteiger partial charge in [-0.15, -0.1) is 0 Å². The Morgan fingerprint density at radius 3 is 2.48 bits per heavy atom. The Balaban J connectivity index is 2.05. The number of amidine groups is 1. The predicted octanol–water partition coefficient (Wildman–Crippen LogP) is 4.36. The lowest BCUT2D eigenvalue weighted by Gasteiger charge is -2.22. The number of rotatable bonds is 1. The molecule has 0 atom stereocenters. The van der Waals surface area contributed by atoms with Crippen LogP contribution in [0, 0.1) is 12.3 Å². The van der Waals surface area contributed by atoms with Crippen molar-refractivity contribution in [2.45, 2.75) is 19.6 Å². The summed E-state index contributed by atoms with van der Waals surface area (Å²) in [4.78, 5) is 1.62. The molecule has 0 aromatic heterocycles. The van der Waals surface area contributed by atoms with E-state index >= 15 is 0 Å². The molecule has 0 fully saturated rings. The van der Waals surface area contributed by atoms with Crippen molar-refractivity contribution in [2.24, 2.45) is 0 Å². The topological polar surface area (TPSA) is 27.1 Å². The molecule has 2 aromatic carbocycles. The normalized spacial score (nSPS) is 14.5. The van der Waals surface area contributed by atoms with Crippen LogP contribution in [-0.4, -0.2) is 5.84 Å². The number of nitrogens with zero attached hydrogens (tertiary/aromatic N) is 1. The maximum atomic E-state index is 12.9. The van der Waals surface area contributed by atoms with Crippen LogP contribution in [0.4, 0.5) is 18.9 Å². The summed E-state index contributed by atoms with van der Waals surface area (Å²) in [6, 6.07) is 11.1. The largest absolute Gasteiger partial charge is 0.416 e. The minimum atomic E-state index is -4.38. The van der Waals surface area contributed by atoms with Crippen molar-refractivity contribution in [3.63, 3.8) is 0 Å². The number of nitrogens with one attached hydrogen (secondary N) is 1. The van der Waals surface area contributed by atoms with Crippen molar-refractivity contribution in [2.75, 3.05) is 4.90 Å². The lowest BCUT2D eigenvalue weighted by Crippen LogP contribution is -2.24. The molecular formula is C16H13F3N2. The summed E-state index contributed by atoms with van der Waals surface area (Å²) < 4.78 is 38.6. The molecule has 1 aliphatic heterocycles. The van der Waals surface area contributed by atoms with E-state index in [1.807, 2.05) is 24.3 Å². The molecule has 108 valence electrons. The van der Waals surface area contributed by atoms with Crippen LogP contribution in [0.2, 0.25) is 0 Å². The zero-order chi connectivity index (χ0) is 15.2. The van der Waals surface area contributed by atoms with Gasteiger partial charge in [0.25, 0.3) is 0 Å². The third kappa shape index (κ3) is 2.28. The average Bonchev–Trinajstić information content (AvgIpc) is 2.76. The highest BCUT2D eigenvalue weighted by atomic mass is 19.4. The highest BCUT2D eigenvalue weighted by Gasteiger charge is 2.33. The van der Waals surface area contributed by atoms with Crippen LogP contribution in [0.25, 0.3) is 0 Å². The summed E-state index contributed by atoms with van der Waals surface area (Å²) in [6.07, 6.45) is -4.38. The van der Waals surface area contributed by atoms with Crippen LogP contribution < -0.4 is 4.90 Å². The number of aryl methyl sites for hydroxylation is 1. The van der Waals surface area contributed by atoms with E-state index in [-0.39, 0.29) is 5.84 Å². The SMILES string of the molecule is Cc1ccc(C(F)(F)F)cc1N1Cc2ccccc2C1=N. The van der Waals surface area contributed by atoms with Crippen molar-refractivity contribution < 1.29 is 13.2 Å². The Morgan fingerprint density at radius 2 is 1.81 bits per heavy atom. The fourth-order valence-electron chi connectivity index (χ4n) is 2.57. The molecule has 2 nitrogen and oxygen atoms in total. The Morgan fingerprint density at radius 1 is 1.10 bits per heavy atom. The fourth-order valence-corrected chi connectivity index (χ4v) is 2.57. The van der Waals surface area contributed by atoms with E-state index in [2.05, 4.69) is 0 Å². The van der Waals surface area contributed by atoms with Crippen LogP contribution in [0.1, 0.15) is 22.3 Å². The van der Waals surface area contributed by atoms with Gasteiger partial charge in [-0.3, -0.25) is 5.41 Å². The van der Waals surface area contributed by atoms with E-state index in [1.54, 1.807) is 11.8 Å². The summed E-state index contributed by atoms with van der Waals surface area (Å²) in [5.74, 6) is 0.244. The molecule has 5 heteroatoms. The van der Waals surface area contributed by atoms with E-state index in [9.17, 15) is 13.2 Å². The van der Waals surface area contributed by atoms with Gasteiger partial charge >= 0.3 is 6.18 Å². The van der Waals surface area contributed by atoms with Gasteiger partial charge in [0.2, 0.25) is 0 Å². The van der Waals surface area contributed by atoms with E-state index in [0.717, 1.165) is 28.8 Å². The minimum absolute atomic E-state index is 0.244. The Labute approximate surface area is 120 Å². The zero-order valence-electron chi connectivity index (χ0n) is 11.3. The second-order valence-corrected chi connectivity index (χ2v) is 5.09. The number of halogens is 3. The summed E-state index contributed by atoms with van der Waals surface area (Å²) >= 11 is 0. The van der Waals surface area contributed by atoms with Crippen molar-refractivity contribution in [3.8, 4) is 0 Å². The smallest absolute Gasteiger partial charge is 0.322 e. The molecule has 0 spiro atoms. The van der Waals surface area contributed by atoms with E-state index < -0.39 is 11.7 Å². The summed E-state index contributed by atoms with van der Waals surface area (Å²) in [5, 5.41) is 8.19. The molecule has 21 heavy (non-hydrogen) atoms. The van der Waals surface area contributed by atoms with Gasteiger partial charge < -0.3 is 4.90 Å². The third-order valence-electron chi connectivity index (χ3n) is 3.70. The first-order valence-electron chi connectivity index (χ1n) is 6.50. The van der Waals surface area contributed by atoms with Crippen molar-refractivity contribution in [1.29, 1.82) is 5.41 Å². The second kappa shape index (κ2) is 4.62. The van der Waals surface area contributed by atoms with Gasteiger partial charge in [0.15, 0.2) is 0 Å². The molecule has 0 bridgehead atoms. The molecule has 1 heterocycles. The number of fused-ring (bicyclic) bond motifs is 1. The lowest BCUT2D eigenvalue weighted by atomic mass is 10.1. The maximum Gasteiger partial charge on any atom is 0.416 e. The first kappa shape index (κ1) is 13.7. The van der Waals surface area contributed by atoms with Gasteiger partial charge in [0.05, 0.1) is 12.1 Å². The van der Waals surface area contributed by atoms with Crippen LogP contribution in [0.5, 0.6) is 0 Å². The highest BCUT2D eigenvalue weighted by molar-refractivity contribution is 6.12. The maximum absolute atomic E-state index is 12.9. The number of anilines is 1. The van der Waals surface area contributed by atoms with Crippen molar-refractivity contribution >= 4 is 11.5 Å². The van der Waals surface area contributed by atoms with Crippen LogP contribution in [0.15, 0.2) is 42.5 Å². The lowest BCUT2D eigenvalue weighted by molar-refractivity contribution is -0.137. The summed E-state index contributed by atoms with van der Waals surface area (Å²) in [7, 11) is 0. The first-order valence-corrected chi connectivity index (χ1v) is 6.50. The molecule has 1 N–H and O–H groups in total. The highest BCUT2D eigenvalue weighted by Crippen LogP contribution is 2.36. The average molecular weight is 290 g/mol.